The zero-order valence-corrected chi connectivity index (χ0v) is 20.7. The van der Waals surface area contributed by atoms with Crippen molar-refractivity contribution in [3.63, 3.8) is 0 Å². The lowest BCUT2D eigenvalue weighted by Gasteiger charge is -2.26. The summed E-state index contributed by atoms with van der Waals surface area (Å²) in [6, 6.07) is 17.1. The van der Waals surface area contributed by atoms with Gasteiger partial charge in [0.1, 0.15) is 35.4 Å². The van der Waals surface area contributed by atoms with Crippen LogP contribution in [0.15, 0.2) is 71.4 Å². The van der Waals surface area contributed by atoms with E-state index in [0.717, 1.165) is 49.9 Å². The van der Waals surface area contributed by atoms with E-state index in [4.69, 9.17) is 18.6 Å². The molecule has 1 fully saturated rings. The molecular weight excluding hydrogens is 470 g/mol. The number of anilines is 2. The second-order valence-corrected chi connectivity index (χ2v) is 8.38. The van der Waals surface area contributed by atoms with Crippen LogP contribution >= 0.6 is 0 Å². The van der Waals surface area contributed by atoms with E-state index >= 15 is 0 Å². The van der Waals surface area contributed by atoms with Crippen molar-refractivity contribution in [1.82, 2.24) is 19.9 Å². The molecule has 0 amide bonds. The third-order valence-electron chi connectivity index (χ3n) is 5.83. The van der Waals surface area contributed by atoms with Gasteiger partial charge in [-0.2, -0.15) is 0 Å². The van der Waals surface area contributed by atoms with Crippen LogP contribution in [0.5, 0.6) is 11.5 Å². The maximum absolute atomic E-state index is 5.93. The molecule has 3 aromatic heterocycles. The van der Waals surface area contributed by atoms with Crippen LogP contribution in [0, 0.1) is 0 Å². The quantitative estimate of drug-likeness (QED) is 0.331. The van der Waals surface area contributed by atoms with Gasteiger partial charge in [-0.05, 0) is 42.0 Å². The maximum atomic E-state index is 5.93. The van der Waals surface area contributed by atoms with E-state index in [1.165, 1.54) is 0 Å². The summed E-state index contributed by atoms with van der Waals surface area (Å²) in [5.41, 5.74) is 1.68. The van der Waals surface area contributed by atoms with Crippen molar-refractivity contribution in [2.75, 3.05) is 51.9 Å². The minimum absolute atomic E-state index is 0.495. The highest BCUT2D eigenvalue weighted by molar-refractivity contribution is 5.67. The van der Waals surface area contributed by atoms with E-state index in [2.05, 4.69) is 25.2 Å². The Balaban J connectivity index is 1.19. The van der Waals surface area contributed by atoms with E-state index < -0.39 is 0 Å². The molecule has 4 heterocycles. The van der Waals surface area contributed by atoms with Crippen molar-refractivity contribution in [3.8, 4) is 23.0 Å². The van der Waals surface area contributed by atoms with Crippen LogP contribution < -0.4 is 14.8 Å². The summed E-state index contributed by atoms with van der Waals surface area (Å²) >= 11 is 0. The summed E-state index contributed by atoms with van der Waals surface area (Å²) < 4.78 is 22.4. The molecule has 190 valence electrons. The van der Waals surface area contributed by atoms with Crippen molar-refractivity contribution in [1.29, 1.82) is 0 Å². The second-order valence-electron chi connectivity index (χ2n) is 8.38. The van der Waals surface area contributed by atoms with Crippen molar-refractivity contribution in [2.45, 2.75) is 0 Å². The van der Waals surface area contributed by atoms with Gasteiger partial charge < -0.3 is 23.9 Å². The van der Waals surface area contributed by atoms with Gasteiger partial charge >= 0.3 is 0 Å². The SMILES string of the molecule is COc1ccc(C=Cc2ncc(-c3cccc(Nc4cc(OCCN5CCOCC5)ccn4)n3)o2)cc1. The second kappa shape index (κ2) is 12.2. The minimum atomic E-state index is 0.495. The Labute approximate surface area is 215 Å². The van der Waals surface area contributed by atoms with E-state index in [0.29, 0.717) is 35.6 Å². The van der Waals surface area contributed by atoms with E-state index in [9.17, 15) is 0 Å². The van der Waals surface area contributed by atoms with Crippen LogP contribution in [-0.4, -0.2) is 66.4 Å². The molecule has 1 aliphatic heterocycles. The van der Waals surface area contributed by atoms with Crippen molar-refractivity contribution in [2.24, 2.45) is 0 Å². The smallest absolute Gasteiger partial charge is 0.219 e. The first-order valence-corrected chi connectivity index (χ1v) is 12.2. The molecule has 9 nitrogen and oxygen atoms in total. The van der Waals surface area contributed by atoms with Gasteiger partial charge in [0.2, 0.25) is 5.89 Å². The number of aromatic nitrogens is 3. The third-order valence-corrected chi connectivity index (χ3v) is 5.83. The molecule has 0 aliphatic carbocycles. The lowest BCUT2D eigenvalue weighted by atomic mass is 10.2. The first kappa shape index (κ1) is 24.5. The number of hydrogen-bond donors (Lipinski definition) is 1. The maximum Gasteiger partial charge on any atom is 0.219 e. The number of pyridine rings is 2. The molecule has 1 saturated heterocycles. The zero-order valence-electron chi connectivity index (χ0n) is 20.7. The van der Waals surface area contributed by atoms with Crippen molar-refractivity contribution < 1.29 is 18.6 Å². The Morgan fingerprint density at radius 3 is 2.68 bits per heavy atom. The summed E-state index contributed by atoms with van der Waals surface area (Å²) in [6.07, 6.45) is 7.14. The molecule has 0 radical (unpaired) electrons. The molecule has 9 heteroatoms. The largest absolute Gasteiger partial charge is 0.497 e. The highest BCUT2D eigenvalue weighted by atomic mass is 16.5. The van der Waals surface area contributed by atoms with Crippen LogP contribution in [0.2, 0.25) is 0 Å². The number of ether oxygens (including phenoxy) is 3. The molecule has 0 unspecified atom stereocenters. The van der Waals surface area contributed by atoms with E-state index in [1.807, 2.05) is 66.7 Å². The number of methoxy groups -OCH3 is 1. The number of benzene rings is 1. The predicted molar refractivity (Wildman–Crippen MR) is 142 cm³/mol. The number of morpholine rings is 1. The monoisotopic (exact) mass is 499 g/mol. The van der Waals surface area contributed by atoms with Gasteiger partial charge in [-0.15, -0.1) is 0 Å². The summed E-state index contributed by atoms with van der Waals surface area (Å²) in [6.45, 7) is 4.93. The Hall–Kier alpha value is -4.21. The molecule has 37 heavy (non-hydrogen) atoms. The average molecular weight is 500 g/mol. The lowest BCUT2D eigenvalue weighted by molar-refractivity contribution is 0.0322. The fraction of sp³-hybridized carbons (Fsp3) is 0.250. The van der Waals surface area contributed by atoms with Crippen LogP contribution in [0.1, 0.15) is 11.5 Å². The predicted octanol–water partition coefficient (Wildman–Crippen LogP) is 4.77. The molecule has 4 aromatic rings. The Morgan fingerprint density at radius 2 is 1.84 bits per heavy atom. The molecule has 0 atom stereocenters. The van der Waals surface area contributed by atoms with Crippen LogP contribution in [-0.2, 0) is 4.74 Å². The van der Waals surface area contributed by atoms with Crippen LogP contribution in [0.4, 0.5) is 11.6 Å². The van der Waals surface area contributed by atoms with Gasteiger partial charge in [-0.1, -0.05) is 18.2 Å². The summed E-state index contributed by atoms with van der Waals surface area (Å²) in [4.78, 5) is 15.7. The topological polar surface area (TPSA) is 94.8 Å². The Morgan fingerprint density at radius 1 is 0.973 bits per heavy atom. The third kappa shape index (κ3) is 6.93. The van der Waals surface area contributed by atoms with Gasteiger partial charge in [0.25, 0.3) is 0 Å². The molecule has 1 aromatic carbocycles. The summed E-state index contributed by atoms with van der Waals surface area (Å²) in [5, 5.41) is 3.24. The van der Waals surface area contributed by atoms with E-state index in [-0.39, 0.29) is 0 Å². The summed E-state index contributed by atoms with van der Waals surface area (Å²) in [5.74, 6) is 3.93. The molecule has 0 bridgehead atoms. The highest BCUT2D eigenvalue weighted by Gasteiger charge is 2.11. The fourth-order valence-corrected chi connectivity index (χ4v) is 3.83. The highest BCUT2D eigenvalue weighted by Crippen LogP contribution is 2.23. The summed E-state index contributed by atoms with van der Waals surface area (Å²) in [7, 11) is 1.65. The van der Waals surface area contributed by atoms with Crippen LogP contribution in [0.25, 0.3) is 23.6 Å². The van der Waals surface area contributed by atoms with Gasteiger partial charge in [0.05, 0.1) is 26.5 Å². The number of rotatable bonds is 10. The van der Waals surface area contributed by atoms with Crippen molar-refractivity contribution in [3.05, 3.63) is 78.4 Å². The van der Waals surface area contributed by atoms with Gasteiger partial charge in [-0.3, -0.25) is 4.90 Å². The molecule has 0 saturated carbocycles. The first-order valence-electron chi connectivity index (χ1n) is 12.2. The standard InChI is InChI=1S/C28H29N5O4/c1-34-22-8-5-21(6-9-22)7-10-28-30-20-25(37-28)24-3-2-4-26(31-24)32-27-19-23(11-12-29-27)36-18-15-33-13-16-35-17-14-33/h2-12,19-20H,13-18H2,1H3,(H,29,31,32). The number of nitrogens with zero attached hydrogens (tertiary/aromatic N) is 4. The molecule has 1 N–H and O–H groups in total. The van der Waals surface area contributed by atoms with Gasteiger partial charge in [-0.25, -0.2) is 15.0 Å². The normalized spacial score (nSPS) is 14.1. The van der Waals surface area contributed by atoms with Gasteiger partial charge in [0.15, 0.2) is 5.76 Å². The molecule has 0 spiro atoms. The zero-order chi connectivity index (χ0) is 25.3. The molecular formula is C28H29N5O4. The Kier molecular flexibility index (Phi) is 8.04. The van der Waals surface area contributed by atoms with E-state index in [1.54, 1.807) is 19.5 Å². The average Bonchev–Trinajstić information content (AvgIpc) is 3.42. The van der Waals surface area contributed by atoms with Crippen LogP contribution in [0.3, 0.4) is 0 Å². The van der Waals surface area contributed by atoms with Gasteiger partial charge in [0, 0.05) is 38.0 Å². The molecule has 5 rings (SSSR count). The number of hydrogen-bond acceptors (Lipinski definition) is 9. The Bertz CT molecular complexity index is 1320. The number of oxazole rings is 1. The first-order chi connectivity index (χ1) is 18.2. The number of nitrogens with one attached hydrogen (secondary N) is 1. The molecule has 1 aliphatic rings. The minimum Gasteiger partial charge on any atom is -0.497 e. The lowest BCUT2D eigenvalue weighted by Crippen LogP contribution is -2.38. The fourth-order valence-electron chi connectivity index (χ4n) is 3.83. The van der Waals surface area contributed by atoms with Crippen molar-refractivity contribution >= 4 is 23.8 Å².